The van der Waals surface area contributed by atoms with Gasteiger partial charge in [0.15, 0.2) is 5.16 Å². The van der Waals surface area contributed by atoms with Crippen LogP contribution < -0.4 is 0 Å². The SMILES string of the molecule is O=C(O)CCCSc1nc(-c2ccccc2)cc(-c2ccc(Cl)cc2)n1. The lowest BCUT2D eigenvalue weighted by Crippen LogP contribution is -1.97. The Morgan fingerprint density at radius 3 is 2.19 bits per heavy atom. The zero-order valence-corrected chi connectivity index (χ0v) is 15.5. The van der Waals surface area contributed by atoms with E-state index in [1.165, 1.54) is 11.8 Å². The van der Waals surface area contributed by atoms with E-state index in [4.69, 9.17) is 16.7 Å². The first-order valence-corrected chi connectivity index (χ1v) is 9.53. The molecule has 0 amide bonds. The zero-order valence-electron chi connectivity index (χ0n) is 13.9. The fraction of sp³-hybridized carbons (Fsp3) is 0.150. The number of carboxylic acid groups (broad SMARTS) is 1. The Labute approximate surface area is 161 Å². The summed E-state index contributed by atoms with van der Waals surface area (Å²) in [6.45, 7) is 0. The number of hydrogen-bond acceptors (Lipinski definition) is 4. The molecule has 1 aromatic heterocycles. The predicted molar refractivity (Wildman–Crippen MR) is 106 cm³/mol. The van der Waals surface area contributed by atoms with Gasteiger partial charge < -0.3 is 5.11 Å². The lowest BCUT2D eigenvalue weighted by Gasteiger charge is -2.08. The van der Waals surface area contributed by atoms with Crippen LogP contribution in [0.25, 0.3) is 22.5 Å². The van der Waals surface area contributed by atoms with Crippen LogP contribution in [0.5, 0.6) is 0 Å². The predicted octanol–water partition coefficient (Wildman–Crippen LogP) is 5.42. The second kappa shape index (κ2) is 8.83. The fourth-order valence-corrected chi connectivity index (χ4v) is 3.32. The Bertz CT molecular complexity index is 886. The molecular weight excluding hydrogens is 368 g/mol. The molecule has 26 heavy (non-hydrogen) atoms. The van der Waals surface area contributed by atoms with E-state index in [1.807, 2.05) is 60.7 Å². The third-order valence-electron chi connectivity index (χ3n) is 3.68. The van der Waals surface area contributed by atoms with Crippen molar-refractivity contribution in [3.63, 3.8) is 0 Å². The highest BCUT2D eigenvalue weighted by Gasteiger charge is 2.09. The van der Waals surface area contributed by atoms with E-state index in [-0.39, 0.29) is 6.42 Å². The summed E-state index contributed by atoms with van der Waals surface area (Å²) in [4.78, 5) is 19.9. The molecule has 0 aliphatic heterocycles. The molecule has 0 bridgehead atoms. The molecule has 1 heterocycles. The van der Waals surface area contributed by atoms with Crippen molar-refractivity contribution < 1.29 is 9.90 Å². The van der Waals surface area contributed by atoms with E-state index in [0.29, 0.717) is 22.4 Å². The summed E-state index contributed by atoms with van der Waals surface area (Å²) in [5, 5.41) is 10.1. The van der Waals surface area contributed by atoms with Crippen LogP contribution in [0, 0.1) is 0 Å². The standard InChI is InChI=1S/C20H17ClN2O2S/c21-16-10-8-15(9-11-16)18-13-17(14-5-2-1-3-6-14)22-20(23-18)26-12-4-7-19(24)25/h1-3,5-6,8-11,13H,4,7,12H2,(H,24,25). The van der Waals surface area contributed by atoms with E-state index in [0.717, 1.165) is 22.5 Å². The molecule has 6 heteroatoms. The van der Waals surface area contributed by atoms with Gasteiger partial charge in [-0.1, -0.05) is 65.8 Å². The second-order valence-corrected chi connectivity index (χ2v) is 7.14. The van der Waals surface area contributed by atoms with Crippen molar-refractivity contribution in [1.29, 1.82) is 0 Å². The Morgan fingerprint density at radius 2 is 1.58 bits per heavy atom. The van der Waals surface area contributed by atoms with Crippen LogP contribution in [0.4, 0.5) is 0 Å². The quantitative estimate of drug-likeness (QED) is 0.334. The van der Waals surface area contributed by atoms with E-state index >= 15 is 0 Å². The Morgan fingerprint density at radius 1 is 0.962 bits per heavy atom. The average molecular weight is 385 g/mol. The molecule has 0 saturated carbocycles. The molecule has 3 rings (SSSR count). The average Bonchev–Trinajstić information content (AvgIpc) is 2.66. The fourth-order valence-electron chi connectivity index (χ4n) is 2.40. The first-order valence-electron chi connectivity index (χ1n) is 8.17. The first kappa shape index (κ1) is 18.4. The largest absolute Gasteiger partial charge is 0.481 e. The molecule has 0 spiro atoms. The Balaban J connectivity index is 1.91. The van der Waals surface area contributed by atoms with Crippen LogP contribution >= 0.6 is 23.4 Å². The molecular formula is C20H17ClN2O2S. The Hall–Kier alpha value is -2.37. The third-order valence-corrected chi connectivity index (χ3v) is 4.87. The molecule has 0 atom stereocenters. The molecule has 0 fully saturated rings. The van der Waals surface area contributed by atoms with Gasteiger partial charge in [-0.2, -0.15) is 0 Å². The topological polar surface area (TPSA) is 63.1 Å². The van der Waals surface area contributed by atoms with Gasteiger partial charge in [-0.05, 0) is 24.6 Å². The van der Waals surface area contributed by atoms with E-state index in [2.05, 4.69) is 9.97 Å². The smallest absolute Gasteiger partial charge is 0.303 e. The molecule has 0 aliphatic rings. The maximum absolute atomic E-state index is 10.7. The lowest BCUT2D eigenvalue weighted by atomic mass is 10.1. The van der Waals surface area contributed by atoms with Crippen LogP contribution in [-0.4, -0.2) is 26.8 Å². The number of nitrogens with zero attached hydrogens (tertiary/aromatic N) is 2. The van der Waals surface area contributed by atoms with Crippen molar-refractivity contribution in [3.8, 4) is 22.5 Å². The van der Waals surface area contributed by atoms with Gasteiger partial charge in [0.05, 0.1) is 11.4 Å². The molecule has 0 radical (unpaired) electrons. The monoisotopic (exact) mass is 384 g/mol. The van der Waals surface area contributed by atoms with Gasteiger partial charge >= 0.3 is 5.97 Å². The van der Waals surface area contributed by atoms with Crippen LogP contribution in [0.3, 0.4) is 0 Å². The van der Waals surface area contributed by atoms with Crippen molar-refractivity contribution in [2.24, 2.45) is 0 Å². The van der Waals surface area contributed by atoms with Crippen molar-refractivity contribution in [2.45, 2.75) is 18.0 Å². The summed E-state index contributed by atoms with van der Waals surface area (Å²) in [5.74, 6) is -0.128. The summed E-state index contributed by atoms with van der Waals surface area (Å²) in [6.07, 6.45) is 0.727. The first-order chi connectivity index (χ1) is 12.6. The van der Waals surface area contributed by atoms with Gasteiger partial charge in [0.2, 0.25) is 0 Å². The number of halogens is 1. The summed E-state index contributed by atoms with van der Waals surface area (Å²) in [5.41, 5.74) is 3.63. The molecule has 132 valence electrons. The number of hydrogen-bond donors (Lipinski definition) is 1. The number of aromatic nitrogens is 2. The van der Waals surface area contributed by atoms with Crippen LogP contribution in [0.1, 0.15) is 12.8 Å². The minimum atomic E-state index is -0.786. The van der Waals surface area contributed by atoms with Gasteiger partial charge in [0, 0.05) is 28.3 Å². The zero-order chi connectivity index (χ0) is 18.4. The summed E-state index contributed by atoms with van der Waals surface area (Å²) in [6, 6.07) is 19.4. The van der Waals surface area contributed by atoms with E-state index < -0.39 is 5.97 Å². The van der Waals surface area contributed by atoms with E-state index in [1.54, 1.807) is 0 Å². The van der Waals surface area contributed by atoms with Crippen LogP contribution in [0.2, 0.25) is 5.02 Å². The molecule has 1 N–H and O–H groups in total. The minimum Gasteiger partial charge on any atom is -0.481 e. The number of rotatable bonds is 7. The summed E-state index contributed by atoms with van der Waals surface area (Å²) < 4.78 is 0. The number of carbonyl (C=O) groups is 1. The molecule has 4 nitrogen and oxygen atoms in total. The summed E-state index contributed by atoms with van der Waals surface area (Å²) >= 11 is 7.45. The maximum atomic E-state index is 10.7. The Kier molecular flexibility index (Phi) is 6.26. The molecule has 2 aromatic carbocycles. The number of aliphatic carboxylic acids is 1. The van der Waals surface area contributed by atoms with Crippen molar-refractivity contribution >= 4 is 29.3 Å². The highest BCUT2D eigenvalue weighted by Crippen LogP contribution is 2.28. The van der Waals surface area contributed by atoms with E-state index in [9.17, 15) is 4.79 Å². The third kappa shape index (κ3) is 5.07. The highest BCUT2D eigenvalue weighted by atomic mass is 35.5. The van der Waals surface area contributed by atoms with Gasteiger partial charge in [0.25, 0.3) is 0 Å². The minimum absolute atomic E-state index is 0.148. The molecule has 0 aliphatic carbocycles. The molecule has 0 unspecified atom stereocenters. The highest BCUT2D eigenvalue weighted by molar-refractivity contribution is 7.99. The van der Waals surface area contributed by atoms with Gasteiger partial charge in [-0.25, -0.2) is 9.97 Å². The van der Waals surface area contributed by atoms with Crippen molar-refractivity contribution in [1.82, 2.24) is 9.97 Å². The summed E-state index contributed by atoms with van der Waals surface area (Å²) in [7, 11) is 0. The number of thioether (sulfide) groups is 1. The number of benzene rings is 2. The van der Waals surface area contributed by atoms with Crippen molar-refractivity contribution in [3.05, 3.63) is 65.7 Å². The second-order valence-electron chi connectivity index (χ2n) is 5.64. The van der Waals surface area contributed by atoms with Crippen molar-refractivity contribution in [2.75, 3.05) is 5.75 Å². The maximum Gasteiger partial charge on any atom is 0.303 e. The van der Waals surface area contributed by atoms with Crippen LogP contribution in [-0.2, 0) is 4.79 Å². The lowest BCUT2D eigenvalue weighted by molar-refractivity contribution is -0.137. The normalized spacial score (nSPS) is 10.7. The molecule has 0 saturated heterocycles. The van der Waals surface area contributed by atoms with Gasteiger partial charge in [-0.15, -0.1) is 0 Å². The van der Waals surface area contributed by atoms with Gasteiger partial charge in [-0.3, -0.25) is 4.79 Å². The molecule has 3 aromatic rings. The van der Waals surface area contributed by atoms with Crippen LogP contribution in [0.15, 0.2) is 65.8 Å². The number of carboxylic acids is 1. The van der Waals surface area contributed by atoms with Gasteiger partial charge in [0.1, 0.15) is 0 Å².